The van der Waals surface area contributed by atoms with Crippen molar-refractivity contribution in [3.05, 3.63) is 59.8 Å². The average Bonchev–Trinajstić information content (AvgIpc) is 3.37. The van der Waals surface area contributed by atoms with Gasteiger partial charge in [-0.25, -0.2) is 4.98 Å². The van der Waals surface area contributed by atoms with Crippen LogP contribution in [0.25, 0.3) is 33.1 Å². The van der Waals surface area contributed by atoms with Crippen molar-refractivity contribution in [2.75, 3.05) is 0 Å². The molecule has 0 atom stereocenters. The van der Waals surface area contributed by atoms with Gasteiger partial charge in [0.25, 0.3) is 0 Å². The standard InChI is InChI=1S/C20H14N4/c21-10-12-1-3-14(4-2-12)19-9-15(13-5-6-13)20-16-11-22-24-17(16)7-8-18(20)23-19/h1-4,7-9,11,13H,5-6H2,(H,22,24). The van der Waals surface area contributed by atoms with Crippen molar-refractivity contribution in [2.24, 2.45) is 0 Å². The van der Waals surface area contributed by atoms with E-state index in [1.165, 1.54) is 23.8 Å². The SMILES string of the molecule is N#Cc1ccc(-c2cc(C3CC3)c3c(ccc4[nH]ncc43)n2)cc1. The summed E-state index contributed by atoms with van der Waals surface area (Å²) in [5.41, 5.74) is 6.11. The molecule has 0 spiro atoms. The molecule has 1 N–H and O–H groups in total. The second kappa shape index (κ2) is 4.90. The quantitative estimate of drug-likeness (QED) is 0.591. The summed E-state index contributed by atoms with van der Waals surface area (Å²) in [4.78, 5) is 4.88. The number of nitrogens with one attached hydrogen (secondary N) is 1. The Bertz CT molecular complexity index is 1110. The molecule has 24 heavy (non-hydrogen) atoms. The Morgan fingerprint density at radius 3 is 2.67 bits per heavy atom. The molecule has 1 aliphatic rings. The first-order chi connectivity index (χ1) is 11.8. The molecule has 0 radical (unpaired) electrons. The molecule has 2 heterocycles. The van der Waals surface area contributed by atoms with Crippen LogP contribution >= 0.6 is 0 Å². The van der Waals surface area contributed by atoms with E-state index in [-0.39, 0.29) is 0 Å². The predicted octanol–water partition coefficient (Wildman–Crippen LogP) is 4.53. The number of fused-ring (bicyclic) bond motifs is 3. The molecule has 0 saturated heterocycles. The fourth-order valence-corrected chi connectivity index (χ4v) is 3.36. The maximum Gasteiger partial charge on any atom is 0.0991 e. The van der Waals surface area contributed by atoms with E-state index < -0.39 is 0 Å². The molecule has 0 unspecified atom stereocenters. The Kier molecular flexibility index (Phi) is 2.71. The highest BCUT2D eigenvalue weighted by Gasteiger charge is 2.27. The summed E-state index contributed by atoms with van der Waals surface area (Å²) in [6.45, 7) is 0. The summed E-state index contributed by atoms with van der Waals surface area (Å²) in [6, 6.07) is 16.1. The van der Waals surface area contributed by atoms with E-state index in [1.54, 1.807) is 0 Å². The normalized spacial score (nSPS) is 14.1. The van der Waals surface area contributed by atoms with Gasteiger partial charge in [0.2, 0.25) is 0 Å². The van der Waals surface area contributed by atoms with Crippen LogP contribution in [0, 0.1) is 11.3 Å². The Labute approximate surface area is 138 Å². The number of aromatic amines is 1. The summed E-state index contributed by atoms with van der Waals surface area (Å²) in [7, 11) is 0. The van der Waals surface area contributed by atoms with Gasteiger partial charge in [0.1, 0.15) is 0 Å². The fraction of sp³-hybridized carbons (Fsp3) is 0.150. The third-order valence-electron chi connectivity index (χ3n) is 4.75. The van der Waals surface area contributed by atoms with Crippen molar-refractivity contribution in [1.29, 1.82) is 5.26 Å². The zero-order chi connectivity index (χ0) is 16.1. The highest BCUT2D eigenvalue weighted by molar-refractivity contribution is 6.07. The Morgan fingerprint density at radius 2 is 1.92 bits per heavy atom. The second-order valence-electron chi connectivity index (χ2n) is 6.35. The summed E-state index contributed by atoms with van der Waals surface area (Å²) < 4.78 is 0. The molecule has 1 saturated carbocycles. The van der Waals surface area contributed by atoms with Gasteiger partial charge < -0.3 is 0 Å². The number of hydrogen-bond donors (Lipinski definition) is 1. The number of benzene rings is 2. The van der Waals surface area contributed by atoms with Crippen molar-refractivity contribution < 1.29 is 0 Å². The van der Waals surface area contributed by atoms with Crippen molar-refractivity contribution in [1.82, 2.24) is 15.2 Å². The monoisotopic (exact) mass is 310 g/mol. The van der Waals surface area contributed by atoms with Crippen LogP contribution in [0.3, 0.4) is 0 Å². The van der Waals surface area contributed by atoms with Crippen LogP contribution in [0.2, 0.25) is 0 Å². The molecule has 0 aliphatic heterocycles. The third-order valence-corrected chi connectivity index (χ3v) is 4.75. The van der Waals surface area contributed by atoms with Crippen LogP contribution in [0.4, 0.5) is 0 Å². The lowest BCUT2D eigenvalue weighted by Gasteiger charge is -2.10. The van der Waals surface area contributed by atoms with Crippen LogP contribution in [0.1, 0.15) is 29.9 Å². The number of rotatable bonds is 2. The second-order valence-corrected chi connectivity index (χ2v) is 6.35. The van der Waals surface area contributed by atoms with E-state index in [2.05, 4.69) is 28.4 Å². The average molecular weight is 310 g/mol. The molecule has 4 nitrogen and oxygen atoms in total. The van der Waals surface area contributed by atoms with Gasteiger partial charge in [-0.15, -0.1) is 0 Å². The minimum Gasteiger partial charge on any atom is -0.278 e. The largest absolute Gasteiger partial charge is 0.278 e. The smallest absolute Gasteiger partial charge is 0.0991 e. The lowest BCUT2D eigenvalue weighted by atomic mass is 9.98. The summed E-state index contributed by atoms with van der Waals surface area (Å²) in [5.74, 6) is 0.619. The van der Waals surface area contributed by atoms with Crippen LogP contribution < -0.4 is 0 Å². The maximum atomic E-state index is 8.97. The highest BCUT2D eigenvalue weighted by Crippen LogP contribution is 2.45. The van der Waals surface area contributed by atoms with E-state index in [4.69, 9.17) is 10.2 Å². The van der Waals surface area contributed by atoms with Crippen molar-refractivity contribution in [3.63, 3.8) is 0 Å². The van der Waals surface area contributed by atoms with E-state index in [0.717, 1.165) is 27.7 Å². The summed E-state index contributed by atoms with van der Waals surface area (Å²) in [6.07, 6.45) is 4.37. The Hall–Kier alpha value is -3.19. The number of nitriles is 1. The molecular formula is C20H14N4. The number of pyridine rings is 1. The summed E-state index contributed by atoms with van der Waals surface area (Å²) >= 11 is 0. The van der Waals surface area contributed by atoms with E-state index in [1.807, 2.05) is 36.5 Å². The number of H-pyrrole nitrogens is 1. The first-order valence-corrected chi connectivity index (χ1v) is 8.11. The highest BCUT2D eigenvalue weighted by atomic mass is 15.1. The number of aromatic nitrogens is 3. The minimum atomic E-state index is 0.619. The van der Waals surface area contributed by atoms with Gasteiger partial charge in [0, 0.05) is 16.3 Å². The maximum absolute atomic E-state index is 8.97. The minimum absolute atomic E-state index is 0.619. The van der Waals surface area contributed by atoms with Gasteiger partial charge in [-0.3, -0.25) is 5.10 Å². The van der Waals surface area contributed by atoms with Crippen LogP contribution in [0.15, 0.2) is 48.7 Å². The van der Waals surface area contributed by atoms with Gasteiger partial charge in [0.15, 0.2) is 0 Å². The predicted molar refractivity (Wildman–Crippen MR) is 93.5 cm³/mol. The molecule has 4 aromatic rings. The number of hydrogen-bond acceptors (Lipinski definition) is 3. The van der Waals surface area contributed by atoms with E-state index in [9.17, 15) is 0 Å². The fourth-order valence-electron chi connectivity index (χ4n) is 3.36. The zero-order valence-electron chi connectivity index (χ0n) is 13.0. The molecule has 2 aromatic heterocycles. The van der Waals surface area contributed by atoms with Gasteiger partial charge in [-0.2, -0.15) is 10.4 Å². The van der Waals surface area contributed by atoms with Gasteiger partial charge >= 0.3 is 0 Å². The summed E-state index contributed by atoms with van der Waals surface area (Å²) in [5, 5.41) is 18.6. The molecule has 1 aliphatic carbocycles. The van der Waals surface area contributed by atoms with Gasteiger partial charge in [-0.05, 0) is 54.7 Å². The third kappa shape index (κ3) is 1.99. The molecule has 114 valence electrons. The van der Waals surface area contributed by atoms with Crippen LogP contribution in [-0.4, -0.2) is 15.2 Å². The van der Waals surface area contributed by atoms with Crippen LogP contribution in [0.5, 0.6) is 0 Å². The lowest BCUT2D eigenvalue weighted by molar-refractivity contribution is 1.12. The first-order valence-electron chi connectivity index (χ1n) is 8.11. The molecule has 4 heteroatoms. The van der Waals surface area contributed by atoms with Crippen molar-refractivity contribution in [3.8, 4) is 17.3 Å². The molecule has 5 rings (SSSR count). The molecule has 0 amide bonds. The van der Waals surface area contributed by atoms with Crippen molar-refractivity contribution >= 4 is 21.8 Å². The molecule has 1 fully saturated rings. The first kappa shape index (κ1) is 13.3. The lowest BCUT2D eigenvalue weighted by Crippen LogP contribution is -1.92. The van der Waals surface area contributed by atoms with Gasteiger partial charge in [0.05, 0.1) is 34.6 Å². The molecule has 2 aromatic carbocycles. The van der Waals surface area contributed by atoms with Crippen LogP contribution in [-0.2, 0) is 0 Å². The molecular weight excluding hydrogens is 296 g/mol. The molecule has 0 bridgehead atoms. The number of nitrogens with zero attached hydrogens (tertiary/aromatic N) is 3. The van der Waals surface area contributed by atoms with E-state index >= 15 is 0 Å². The van der Waals surface area contributed by atoms with Gasteiger partial charge in [-0.1, -0.05) is 12.1 Å². The van der Waals surface area contributed by atoms with Crippen molar-refractivity contribution in [2.45, 2.75) is 18.8 Å². The zero-order valence-corrected chi connectivity index (χ0v) is 13.0. The Morgan fingerprint density at radius 1 is 1.08 bits per heavy atom. The van der Waals surface area contributed by atoms with E-state index in [0.29, 0.717) is 11.5 Å². The Balaban J connectivity index is 1.78. The topological polar surface area (TPSA) is 65.4 Å².